The van der Waals surface area contributed by atoms with E-state index in [2.05, 4.69) is 18.8 Å². The van der Waals surface area contributed by atoms with Crippen molar-refractivity contribution in [3.8, 4) is 5.69 Å². The van der Waals surface area contributed by atoms with E-state index in [-0.39, 0.29) is 5.56 Å². The molecule has 3 rings (SSSR count). The van der Waals surface area contributed by atoms with Gasteiger partial charge in [0.2, 0.25) is 0 Å². The molecule has 0 atom stereocenters. The number of rotatable bonds is 1. The largest absolute Gasteiger partial charge is 0.331 e. The highest BCUT2D eigenvalue weighted by Crippen LogP contribution is 2.11. The van der Waals surface area contributed by atoms with E-state index in [1.807, 2.05) is 49.4 Å². The number of fused-ring (bicyclic) bond motifs is 1. The van der Waals surface area contributed by atoms with Gasteiger partial charge < -0.3 is 4.98 Å². The first-order chi connectivity index (χ1) is 10.6. The molecular weight excluding hydrogens is 292 g/mol. The minimum atomic E-state index is -0.0926. The van der Waals surface area contributed by atoms with Crippen LogP contribution >= 0.6 is 12.2 Å². The molecule has 1 aromatic heterocycles. The lowest BCUT2D eigenvalue weighted by Crippen LogP contribution is -2.20. The standard InChI is InChI=1S/C15H12N2OS.C3H8/c1-10-5-4-6-11(9-10)17-14(18)12-7-2-3-8-13(12)16-15(17)19;1-3-2/h2-9H,1H3,(H,16,19);3H2,1-2H3. The molecule has 1 heterocycles. The second kappa shape index (κ2) is 7.18. The van der Waals surface area contributed by atoms with Crippen molar-refractivity contribution < 1.29 is 0 Å². The van der Waals surface area contributed by atoms with Gasteiger partial charge >= 0.3 is 0 Å². The number of aromatic nitrogens is 2. The topological polar surface area (TPSA) is 37.8 Å². The van der Waals surface area contributed by atoms with Crippen LogP contribution in [-0.2, 0) is 0 Å². The van der Waals surface area contributed by atoms with Crippen LogP contribution in [0.5, 0.6) is 0 Å². The molecular formula is C18H20N2OS. The third-order valence-corrected chi connectivity index (χ3v) is 3.35. The van der Waals surface area contributed by atoms with E-state index in [0.717, 1.165) is 16.8 Å². The van der Waals surface area contributed by atoms with Crippen molar-refractivity contribution in [1.29, 1.82) is 0 Å². The van der Waals surface area contributed by atoms with E-state index in [1.54, 1.807) is 6.07 Å². The van der Waals surface area contributed by atoms with Crippen molar-refractivity contribution in [2.75, 3.05) is 0 Å². The zero-order valence-corrected chi connectivity index (χ0v) is 13.9. The lowest BCUT2D eigenvalue weighted by Gasteiger charge is -2.08. The maximum Gasteiger partial charge on any atom is 0.266 e. The van der Waals surface area contributed by atoms with Crippen molar-refractivity contribution >= 4 is 23.1 Å². The summed E-state index contributed by atoms with van der Waals surface area (Å²) < 4.78 is 1.94. The Labute approximate surface area is 135 Å². The minimum Gasteiger partial charge on any atom is -0.331 e. The van der Waals surface area contributed by atoms with E-state index < -0.39 is 0 Å². The summed E-state index contributed by atoms with van der Waals surface area (Å²) in [7, 11) is 0. The number of hydrogen-bond donors (Lipinski definition) is 1. The van der Waals surface area contributed by atoms with Crippen molar-refractivity contribution in [2.24, 2.45) is 0 Å². The molecule has 0 amide bonds. The highest BCUT2D eigenvalue weighted by atomic mass is 32.1. The minimum absolute atomic E-state index is 0.0926. The highest BCUT2D eigenvalue weighted by molar-refractivity contribution is 7.71. The van der Waals surface area contributed by atoms with Gasteiger partial charge in [0.05, 0.1) is 16.6 Å². The fourth-order valence-corrected chi connectivity index (χ4v) is 2.46. The third kappa shape index (κ3) is 3.34. The molecule has 22 heavy (non-hydrogen) atoms. The summed E-state index contributed by atoms with van der Waals surface area (Å²) in [5, 5.41) is 0.637. The number of nitrogens with zero attached hydrogens (tertiary/aromatic N) is 1. The summed E-state index contributed by atoms with van der Waals surface area (Å²) in [4.78, 5) is 15.6. The van der Waals surface area contributed by atoms with Crippen LogP contribution in [-0.4, -0.2) is 9.55 Å². The van der Waals surface area contributed by atoms with Crippen molar-refractivity contribution in [3.63, 3.8) is 0 Å². The Morgan fingerprint density at radius 1 is 1.09 bits per heavy atom. The molecule has 0 saturated carbocycles. The molecule has 0 bridgehead atoms. The Balaban J connectivity index is 0.000000545. The maximum atomic E-state index is 12.5. The highest BCUT2D eigenvalue weighted by Gasteiger charge is 2.06. The summed E-state index contributed by atoms with van der Waals surface area (Å²) in [6, 6.07) is 15.1. The second-order valence-corrected chi connectivity index (χ2v) is 5.55. The first kappa shape index (κ1) is 16.2. The van der Waals surface area contributed by atoms with Gasteiger partial charge in [-0.1, -0.05) is 44.5 Å². The Bertz CT molecular complexity index is 893. The number of aromatic amines is 1. The number of H-pyrrole nitrogens is 1. The molecule has 0 aliphatic rings. The van der Waals surface area contributed by atoms with E-state index in [4.69, 9.17) is 12.2 Å². The Kier molecular flexibility index (Phi) is 5.28. The maximum absolute atomic E-state index is 12.5. The molecule has 0 aliphatic heterocycles. The molecule has 0 fully saturated rings. The van der Waals surface area contributed by atoms with Gasteiger partial charge in [-0.15, -0.1) is 0 Å². The van der Waals surface area contributed by atoms with Crippen molar-refractivity contribution in [1.82, 2.24) is 9.55 Å². The van der Waals surface area contributed by atoms with Gasteiger partial charge in [0, 0.05) is 0 Å². The molecule has 2 aromatic carbocycles. The van der Waals surface area contributed by atoms with Gasteiger partial charge in [-0.3, -0.25) is 9.36 Å². The zero-order valence-electron chi connectivity index (χ0n) is 13.1. The monoisotopic (exact) mass is 312 g/mol. The SMILES string of the molecule is CCC.Cc1cccc(-n2c(=S)[nH]c3ccccc3c2=O)c1. The Morgan fingerprint density at radius 2 is 1.77 bits per heavy atom. The average molecular weight is 312 g/mol. The van der Waals surface area contributed by atoms with Crippen LogP contribution in [0.25, 0.3) is 16.6 Å². The molecule has 0 unspecified atom stereocenters. The summed E-state index contributed by atoms with van der Waals surface area (Å²) >= 11 is 5.30. The number of aryl methyl sites for hydroxylation is 1. The quantitative estimate of drug-likeness (QED) is 0.657. The van der Waals surface area contributed by atoms with Crippen molar-refractivity contribution in [3.05, 3.63) is 69.2 Å². The summed E-state index contributed by atoms with van der Waals surface area (Å²) in [6.07, 6.45) is 1.25. The van der Waals surface area contributed by atoms with Gasteiger partial charge in [0.1, 0.15) is 0 Å². The fourth-order valence-electron chi connectivity index (χ4n) is 2.16. The van der Waals surface area contributed by atoms with Crippen LogP contribution in [0.1, 0.15) is 25.8 Å². The molecule has 1 N–H and O–H groups in total. The normalized spacial score (nSPS) is 10.1. The van der Waals surface area contributed by atoms with Gasteiger partial charge in [-0.25, -0.2) is 0 Å². The van der Waals surface area contributed by atoms with Crippen LogP contribution in [0.3, 0.4) is 0 Å². The molecule has 0 aliphatic carbocycles. The zero-order chi connectivity index (χ0) is 16.1. The average Bonchev–Trinajstić information content (AvgIpc) is 2.48. The second-order valence-electron chi connectivity index (χ2n) is 5.16. The number of benzene rings is 2. The Hall–Kier alpha value is -2.20. The fraction of sp³-hybridized carbons (Fsp3) is 0.222. The van der Waals surface area contributed by atoms with Crippen LogP contribution in [0.2, 0.25) is 0 Å². The van der Waals surface area contributed by atoms with E-state index in [9.17, 15) is 4.79 Å². The predicted molar refractivity (Wildman–Crippen MR) is 95.4 cm³/mol. The number of nitrogens with one attached hydrogen (secondary N) is 1. The third-order valence-electron chi connectivity index (χ3n) is 3.07. The van der Waals surface area contributed by atoms with Crippen LogP contribution in [0, 0.1) is 11.7 Å². The number of para-hydroxylation sites is 1. The van der Waals surface area contributed by atoms with E-state index in [0.29, 0.717) is 10.2 Å². The van der Waals surface area contributed by atoms with Gasteiger partial charge in [-0.2, -0.15) is 0 Å². The Morgan fingerprint density at radius 3 is 2.45 bits per heavy atom. The molecule has 0 saturated heterocycles. The van der Waals surface area contributed by atoms with Crippen LogP contribution in [0.15, 0.2) is 53.3 Å². The molecule has 0 radical (unpaired) electrons. The lowest BCUT2D eigenvalue weighted by molar-refractivity contribution is 0.938. The molecule has 114 valence electrons. The molecule has 4 heteroatoms. The molecule has 0 spiro atoms. The first-order valence-electron chi connectivity index (χ1n) is 7.39. The lowest BCUT2D eigenvalue weighted by atomic mass is 10.2. The molecule has 3 aromatic rings. The summed E-state index contributed by atoms with van der Waals surface area (Å²) in [6.45, 7) is 6.24. The van der Waals surface area contributed by atoms with Gasteiger partial charge in [-0.05, 0) is 49.0 Å². The summed E-state index contributed by atoms with van der Waals surface area (Å²) in [5.41, 5.74) is 2.55. The van der Waals surface area contributed by atoms with Crippen LogP contribution in [0.4, 0.5) is 0 Å². The predicted octanol–water partition coefficient (Wildman–Crippen LogP) is 4.77. The van der Waals surface area contributed by atoms with Crippen LogP contribution < -0.4 is 5.56 Å². The van der Waals surface area contributed by atoms with Gasteiger partial charge in [0.15, 0.2) is 4.77 Å². The van der Waals surface area contributed by atoms with E-state index in [1.165, 1.54) is 11.0 Å². The smallest absolute Gasteiger partial charge is 0.266 e. The molecule has 3 nitrogen and oxygen atoms in total. The van der Waals surface area contributed by atoms with E-state index >= 15 is 0 Å². The summed E-state index contributed by atoms with van der Waals surface area (Å²) in [5.74, 6) is 0. The number of hydrogen-bond acceptors (Lipinski definition) is 2. The van der Waals surface area contributed by atoms with Gasteiger partial charge in [0.25, 0.3) is 5.56 Å². The first-order valence-corrected chi connectivity index (χ1v) is 7.80. The van der Waals surface area contributed by atoms with Crippen molar-refractivity contribution in [2.45, 2.75) is 27.2 Å².